The fourth-order valence-corrected chi connectivity index (χ4v) is 2.77. The normalized spacial score (nSPS) is 12.6. The van der Waals surface area contributed by atoms with E-state index in [2.05, 4.69) is 4.98 Å². The highest BCUT2D eigenvalue weighted by atomic mass is 35.5. The van der Waals surface area contributed by atoms with Crippen molar-refractivity contribution in [3.8, 4) is 11.3 Å². The van der Waals surface area contributed by atoms with Crippen LogP contribution in [0.4, 0.5) is 31.1 Å². The predicted molar refractivity (Wildman–Crippen MR) is 83.6 cm³/mol. The minimum absolute atomic E-state index is 0.0994. The van der Waals surface area contributed by atoms with Crippen LogP contribution in [0, 0.1) is 0 Å². The zero-order valence-electron chi connectivity index (χ0n) is 12.9. The Morgan fingerprint density at radius 3 is 2.22 bits per heavy atom. The van der Waals surface area contributed by atoms with E-state index in [4.69, 9.17) is 11.6 Å². The summed E-state index contributed by atoms with van der Waals surface area (Å²) in [6.07, 6.45) is -11.6. The van der Waals surface area contributed by atoms with Crippen LogP contribution >= 0.6 is 11.6 Å². The Kier molecular flexibility index (Phi) is 4.34. The minimum atomic E-state index is -5.01. The summed E-state index contributed by atoms with van der Waals surface area (Å²) in [5.74, 6) is 0. The van der Waals surface area contributed by atoms with E-state index in [1.165, 1.54) is 12.1 Å². The molecule has 0 bridgehead atoms. The lowest BCUT2D eigenvalue weighted by Gasteiger charge is -2.16. The third-order valence-electron chi connectivity index (χ3n) is 3.74. The van der Waals surface area contributed by atoms with Crippen LogP contribution in [0.25, 0.3) is 22.3 Å². The number of hydrogen-bond acceptors (Lipinski definition) is 2. The monoisotopic (exact) mass is 408 g/mol. The van der Waals surface area contributed by atoms with Crippen LogP contribution in [0.2, 0.25) is 5.15 Å². The summed E-state index contributed by atoms with van der Waals surface area (Å²) < 4.78 is 79.4. The highest BCUT2D eigenvalue weighted by molar-refractivity contribution is 6.29. The van der Waals surface area contributed by atoms with E-state index in [1.54, 1.807) is 0 Å². The second-order valence-corrected chi connectivity index (χ2v) is 5.84. The fraction of sp³-hybridized carbons (Fsp3) is 0.125. The summed E-state index contributed by atoms with van der Waals surface area (Å²) in [6, 6.07) is 4.40. The van der Waals surface area contributed by atoms with Crippen LogP contribution in [0.1, 0.15) is 11.1 Å². The number of rotatable bonds is 1. The molecule has 2 heterocycles. The summed E-state index contributed by atoms with van der Waals surface area (Å²) in [5.41, 5.74) is -4.60. The van der Waals surface area contributed by atoms with Crippen LogP contribution < -0.4 is 0 Å². The maximum absolute atomic E-state index is 13.3. The first-order chi connectivity index (χ1) is 12.4. The molecule has 0 atom stereocenters. The summed E-state index contributed by atoms with van der Waals surface area (Å²) >= 11 is 5.69. The summed E-state index contributed by atoms with van der Waals surface area (Å²) in [5, 5.41) is 9.37. The molecule has 142 valence electrons. The van der Waals surface area contributed by atoms with Gasteiger partial charge in [0.25, 0.3) is 0 Å². The molecule has 11 heteroatoms. The van der Waals surface area contributed by atoms with Crippen LogP contribution in [-0.2, 0) is 12.4 Å². The Balaban J connectivity index is 2.42. The molecule has 27 heavy (non-hydrogen) atoms. The van der Waals surface area contributed by atoms with Crippen LogP contribution in [-0.4, -0.2) is 20.8 Å². The molecule has 0 aliphatic carbocycles. The van der Waals surface area contributed by atoms with Crippen molar-refractivity contribution < 1.29 is 36.2 Å². The second-order valence-electron chi connectivity index (χ2n) is 5.45. The molecule has 0 aliphatic heterocycles. The predicted octanol–water partition coefficient (Wildman–Crippen LogP) is 5.92. The number of pyridine rings is 1. The van der Waals surface area contributed by atoms with E-state index in [1.807, 2.05) is 0 Å². The zero-order valence-corrected chi connectivity index (χ0v) is 13.6. The molecule has 0 saturated heterocycles. The first-order valence-corrected chi connectivity index (χ1v) is 7.47. The number of alkyl halides is 6. The van der Waals surface area contributed by atoms with Gasteiger partial charge in [-0.25, -0.2) is 14.3 Å². The molecule has 1 N–H and O–H groups in total. The number of hydrogen-bond donors (Lipinski definition) is 1. The third-order valence-corrected chi connectivity index (χ3v) is 3.95. The number of fused-ring (bicyclic) bond motifs is 1. The molecule has 0 saturated carbocycles. The van der Waals surface area contributed by atoms with E-state index in [9.17, 15) is 36.2 Å². The van der Waals surface area contributed by atoms with Crippen LogP contribution in [0.3, 0.4) is 0 Å². The molecule has 0 fully saturated rings. The summed E-state index contributed by atoms with van der Waals surface area (Å²) in [7, 11) is 0. The van der Waals surface area contributed by atoms with Gasteiger partial charge in [-0.1, -0.05) is 11.6 Å². The smallest absolute Gasteiger partial charge is 0.417 e. The van der Waals surface area contributed by atoms with Crippen LogP contribution in [0.5, 0.6) is 0 Å². The van der Waals surface area contributed by atoms with E-state index in [0.29, 0.717) is 4.57 Å². The molecule has 0 aliphatic rings. The Bertz CT molecular complexity index is 1060. The lowest BCUT2D eigenvalue weighted by atomic mass is 10.00. The van der Waals surface area contributed by atoms with Gasteiger partial charge in [0.2, 0.25) is 0 Å². The maximum atomic E-state index is 13.3. The van der Waals surface area contributed by atoms with Gasteiger partial charge in [-0.05, 0) is 36.4 Å². The van der Waals surface area contributed by atoms with E-state index >= 15 is 0 Å². The van der Waals surface area contributed by atoms with Crippen molar-refractivity contribution in [2.45, 2.75) is 12.4 Å². The molecule has 1 aromatic carbocycles. The number of carbonyl (C=O) groups is 1. The van der Waals surface area contributed by atoms with Crippen molar-refractivity contribution in [1.29, 1.82) is 0 Å². The molecule has 0 amide bonds. The van der Waals surface area contributed by atoms with Crippen molar-refractivity contribution in [3.63, 3.8) is 0 Å². The average molecular weight is 409 g/mol. The van der Waals surface area contributed by atoms with Gasteiger partial charge >= 0.3 is 18.4 Å². The fourth-order valence-electron chi connectivity index (χ4n) is 2.63. The number of halogens is 7. The molecule has 0 radical (unpaired) electrons. The largest absolute Gasteiger partial charge is 0.464 e. The molecule has 3 aromatic rings. The van der Waals surface area contributed by atoms with Crippen molar-refractivity contribution in [2.24, 2.45) is 0 Å². The van der Waals surface area contributed by atoms with Gasteiger partial charge in [-0.15, -0.1) is 0 Å². The molecule has 0 unspecified atom stereocenters. The number of benzene rings is 1. The zero-order chi connectivity index (χ0) is 20.1. The lowest BCUT2D eigenvalue weighted by Crippen LogP contribution is -2.15. The SMILES string of the molecule is O=C(O)n1c(-c2cc(C(F)(F)F)ccc2C(F)(F)F)cc2ccc(Cl)nc21. The van der Waals surface area contributed by atoms with E-state index in [0.717, 1.165) is 6.07 Å². The quantitative estimate of drug-likeness (QED) is 0.401. The number of carboxylic acid groups (broad SMARTS) is 1. The lowest BCUT2D eigenvalue weighted by molar-refractivity contribution is -0.141. The van der Waals surface area contributed by atoms with E-state index < -0.39 is 40.8 Å². The summed E-state index contributed by atoms with van der Waals surface area (Å²) in [4.78, 5) is 15.4. The minimum Gasteiger partial charge on any atom is -0.464 e. The van der Waals surface area contributed by atoms with Gasteiger partial charge in [0.05, 0.1) is 16.8 Å². The van der Waals surface area contributed by atoms with Gasteiger partial charge < -0.3 is 5.11 Å². The second kappa shape index (κ2) is 6.15. The van der Waals surface area contributed by atoms with Crippen molar-refractivity contribution in [2.75, 3.05) is 0 Å². The molecular formula is C16H7ClF6N2O2. The molecule has 2 aromatic heterocycles. The van der Waals surface area contributed by atoms with Gasteiger partial charge in [-0.2, -0.15) is 26.3 Å². The van der Waals surface area contributed by atoms with Gasteiger partial charge in [0.1, 0.15) is 5.15 Å². The van der Waals surface area contributed by atoms with Crippen molar-refractivity contribution >= 4 is 28.7 Å². The highest BCUT2D eigenvalue weighted by Gasteiger charge is 2.38. The molecule has 3 rings (SSSR count). The topological polar surface area (TPSA) is 55.1 Å². The Morgan fingerprint density at radius 1 is 1.00 bits per heavy atom. The average Bonchev–Trinajstić information content (AvgIpc) is 2.91. The Morgan fingerprint density at radius 2 is 1.67 bits per heavy atom. The van der Waals surface area contributed by atoms with E-state index in [-0.39, 0.29) is 34.4 Å². The number of aromatic nitrogens is 2. The highest BCUT2D eigenvalue weighted by Crippen LogP contribution is 2.42. The molecule has 4 nitrogen and oxygen atoms in total. The summed E-state index contributed by atoms with van der Waals surface area (Å²) in [6.45, 7) is 0. The number of nitrogens with zero attached hydrogens (tertiary/aromatic N) is 2. The maximum Gasteiger partial charge on any atom is 0.417 e. The van der Waals surface area contributed by atoms with Gasteiger partial charge in [-0.3, -0.25) is 0 Å². The van der Waals surface area contributed by atoms with Crippen molar-refractivity contribution in [1.82, 2.24) is 9.55 Å². The van der Waals surface area contributed by atoms with Gasteiger partial charge in [0.15, 0.2) is 5.65 Å². The molecular weight excluding hydrogens is 402 g/mol. The van der Waals surface area contributed by atoms with Crippen molar-refractivity contribution in [3.05, 3.63) is 52.7 Å². The first kappa shape index (κ1) is 19.0. The standard InChI is InChI=1S/C16H7ClF6N2O2/c17-12-4-1-7-5-11(25(14(26)27)13(7)24-12)9-6-8(15(18,19)20)2-3-10(9)16(21,22)23/h1-6H,(H,26,27). The third kappa shape index (κ3) is 3.44. The van der Waals surface area contributed by atoms with Crippen LogP contribution in [0.15, 0.2) is 36.4 Å². The first-order valence-electron chi connectivity index (χ1n) is 7.09. The Labute approximate surface area is 151 Å². The molecule has 0 spiro atoms. The Hall–Kier alpha value is -2.75. The van der Waals surface area contributed by atoms with Gasteiger partial charge in [0, 0.05) is 10.9 Å².